The van der Waals surface area contributed by atoms with Crippen LogP contribution in [-0.4, -0.2) is 18.7 Å². The van der Waals surface area contributed by atoms with E-state index >= 15 is 0 Å². The molecule has 1 saturated carbocycles. The highest BCUT2D eigenvalue weighted by molar-refractivity contribution is 5.13. The first-order valence-corrected chi connectivity index (χ1v) is 7.68. The van der Waals surface area contributed by atoms with Crippen molar-refractivity contribution in [1.82, 2.24) is 5.32 Å². The second-order valence-electron chi connectivity index (χ2n) is 5.81. The van der Waals surface area contributed by atoms with Crippen molar-refractivity contribution in [1.29, 1.82) is 0 Å². The first-order valence-electron chi connectivity index (χ1n) is 7.68. The summed E-state index contributed by atoms with van der Waals surface area (Å²) in [4.78, 5) is 0. The van der Waals surface area contributed by atoms with Gasteiger partial charge in [-0.25, -0.2) is 0 Å². The van der Waals surface area contributed by atoms with Crippen LogP contribution in [0, 0.1) is 5.92 Å². The number of rotatable bonds is 6. The fourth-order valence-corrected chi connectivity index (χ4v) is 2.85. The van der Waals surface area contributed by atoms with E-state index in [1.54, 1.807) is 0 Å². The molecule has 0 aliphatic heterocycles. The standard InChI is InChI=1S/C17H27NO/c1-3-11-18-16-10-9-14(2)12-17(16)19-13-15-7-5-4-6-8-15/h4-8,14,16-18H,3,9-13H2,1-2H3. The van der Waals surface area contributed by atoms with E-state index < -0.39 is 0 Å². The predicted octanol–water partition coefficient (Wildman–Crippen LogP) is 3.76. The Morgan fingerprint density at radius 3 is 2.74 bits per heavy atom. The molecule has 3 atom stereocenters. The van der Waals surface area contributed by atoms with Crippen LogP contribution in [0.1, 0.15) is 45.1 Å². The quantitative estimate of drug-likeness (QED) is 0.842. The molecule has 1 aliphatic rings. The third kappa shape index (κ3) is 4.63. The number of hydrogen-bond donors (Lipinski definition) is 1. The number of hydrogen-bond acceptors (Lipinski definition) is 2. The van der Waals surface area contributed by atoms with Crippen LogP contribution in [0.15, 0.2) is 30.3 Å². The van der Waals surface area contributed by atoms with Gasteiger partial charge in [-0.15, -0.1) is 0 Å². The highest BCUT2D eigenvalue weighted by Crippen LogP contribution is 2.27. The molecule has 0 heterocycles. The Labute approximate surface area is 117 Å². The van der Waals surface area contributed by atoms with Crippen LogP contribution in [0.2, 0.25) is 0 Å². The minimum absolute atomic E-state index is 0.371. The fraction of sp³-hybridized carbons (Fsp3) is 0.647. The monoisotopic (exact) mass is 261 g/mol. The highest BCUT2D eigenvalue weighted by atomic mass is 16.5. The van der Waals surface area contributed by atoms with E-state index in [0.717, 1.165) is 19.1 Å². The van der Waals surface area contributed by atoms with Crippen molar-refractivity contribution in [3.05, 3.63) is 35.9 Å². The van der Waals surface area contributed by atoms with Gasteiger partial charge in [0.05, 0.1) is 12.7 Å². The second-order valence-corrected chi connectivity index (χ2v) is 5.81. The van der Waals surface area contributed by atoms with Gasteiger partial charge in [0.15, 0.2) is 0 Å². The van der Waals surface area contributed by atoms with Crippen LogP contribution < -0.4 is 5.32 Å². The smallest absolute Gasteiger partial charge is 0.0735 e. The summed E-state index contributed by atoms with van der Waals surface area (Å²) in [6.45, 7) is 6.40. The van der Waals surface area contributed by atoms with Crippen molar-refractivity contribution in [3.8, 4) is 0 Å². The molecule has 0 radical (unpaired) electrons. The van der Waals surface area contributed by atoms with Crippen LogP contribution in [0.25, 0.3) is 0 Å². The van der Waals surface area contributed by atoms with Gasteiger partial charge in [-0.1, -0.05) is 44.2 Å². The van der Waals surface area contributed by atoms with Crippen LogP contribution in [-0.2, 0) is 11.3 Å². The van der Waals surface area contributed by atoms with Gasteiger partial charge in [0, 0.05) is 6.04 Å². The van der Waals surface area contributed by atoms with Gasteiger partial charge in [0.25, 0.3) is 0 Å². The lowest BCUT2D eigenvalue weighted by atomic mass is 9.85. The maximum atomic E-state index is 6.19. The van der Waals surface area contributed by atoms with Crippen molar-refractivity contribution in [3.63, 3.8) is 0 Å². The summed E-state index contributed by atoms with van der Waals surface area (Å²) >= 11 is 0. The van der Waals surface area contributed by atoms with Crippen molar-refractivity contribution >= 4 is 0 Å². The van der Waals surface area contributed by atoms with Gasteiger partial charge >= 0.3 is 0 Å². The zero-order chi connectivity index (χ0) is 13.5. The molecule has 1 aromatic rings. The van der Waals surface area contributed by atoms with E-state index in [9.17, 15) is 0 Å². The van der Waals surface area contributed by atoms with E-state index in [-0.39, 0.29) is 0 Å². The highest BCUT2D eigenvalue weighted by Gasteiger charge is 2.28. The van der Waals surface area contributed by atoms with E-state index in [2.05, 4.69) is 49.5 Å². The molecular formula is C17H27NO. The molecule has 0 amide bonds. The van der Waals surface area contributed by atoms with Crippen molar-refractivity contribution in [2.45, 2.75) is 58.3 Å². The van der Waals surface area contributed by atoms with Gasteiger partial charge in [-0.05, 0) is 43.7 Å². The molecule has 0 aromatic heterocycles. The minimum Gasteiger partial charge on any atom is -0.372 e. The summed E-state index contributed by atoms with van der Waals surface area (Å²) in [5.41, 5.74) is 1.27. The van der Waals surface area contributed by atoms with Crippen LogP contribution >= 0.6 is 0 Å². The predicted molar refractivity (Wildman–Crippen MR) is 80.1 cm³/mol. The normalized spacial score (nSPS) is 27.4. The Kier molecular flexibility index (Phi) is 5.87. The Morgan fingerprint density at radius 2 is 2.00 bits per heavy atom. The molecule has 0 spiro atoms. The molecule has 106 valence electrons. The van der Waals surface area contributed by atoms with Crippen molar-refractivity contribution in [2.24, 2.45) is 5.92 Å². The third-order valence-electron chi connectivity index (χ3n) is 4.02. The first-order chi connectivity index (χ1) is 9.29. The van der Waals surface area contributed by atoms with Crippen molar-refractivity contribution < 1.29 is 4.74 Å². The molecule has 0 saturated heterocycles. The Morgan fingerprint density at radius 1 is 1.21 bits per heavy atom. The van der Waals surface area contributed by atoms with E-state index in [4.69, 9.17) is 4.74 Å². The molecular weight excluding hydrogens is 234 g/mol. The van der Waals surface area contributed by atoms with E-state index in [1.165, 1.54) is 31.2 Å². The summed E-state index contributed by atoms with van der Waals surface area (Å²) in [5.74, 6) is 0.792. The molecule has 2 nitrogen and oxygen atoms in total. The lowest BCUT2D eigenvalue weighted by Crippen LogP contribution is -2.45. The summed E-state index contributed by atoms with van der Waals surface area (Å²) < 4.78 is 6.19. The SMILES string of the molecule is CCCNC1CCC(C)CC1OCc1ccccc1. The third-order valence-corrected chi connectivity index (χ3v) is 4.02. The minimum atomic E-state index is 0.371. The average Bonchev–Trinajstić information content (AvgIpc) is 2.45. The summed E-state index contributed by atoms with van der Waals surface area (Å²) in [5, 5.41) is 3.65. The topological polar surface area (TPSA) is 21.3 Å². The summed E-state index contributed by atoms with van der Waals surface area (Å²) in [6, 6.07) is 11.0. The lowest BCUT2D eigenvalue weighted by molar-refractivity contribution is -0.0175. The van der Waals surface area contributed by atoms with Crippen LogP contribution in [0.4, 0.5) is 0 Å². The zero-order valence-corrected chi connectivity index (χ0v) is 12.3. The second kappa shape index (κ2) is 7.66. The summed E-state index contributed by atoms with van der Waals surface area (Å²) in [7, 11) is 0. The molecule has 1 aromatic carbocycles. The van der Waals surface area contributed by atoms with Crippen LogP contribution in [0.3, 0.4) is 0 Å². The van der Waals surface area contributed by atoms with Crippen molar-refractivity contribution in [2.75, 3.05) is 6.54 Å². The van der Waals surface area contributed by atoms with Gasteiger partial charge in [-0.2, -0.15) is 0 Å². The number of benzene rings is 1. The average molecular weight is 261 g/mol. The van der Waals surface area contributed by atoms with E-state index in [1.807, 2.05) is 0 Å². The largest absolute Gasteiger partial charge is 0.372 e. The molecule has 19 heavy (non-hydrogen) atoms. The molecule has 1 N–H and O–H groups in total. The number of nitrogens with one attached hydrogen (secondary N) is 1. The number of ether oxygens (including phenoxy) is 1. The molecule has 1 aliphatic carbocycles. The van der Waals surface area contributed by atoms with Gasteiger partial charge < -0.3 is 10.1 Å². The Bertz CT molecular complexity index is 350. The summed E-state index contributed by atoms with van der Waals surface area (Å²) in [6.07, 6.45) is 5.33. The maximum Gasteiger partial charge on any atom is 0.0735 e. The lowest BCUT2D eigenvalue weighted by Gasteiger charge is -2.35. The molecule has 2 rings (SSSR count). The Balaban J connectivity index is 1.86. The van der Waals surface area contributed by atoms with Gasteiger partial charge in [0.2, 0.25) is 0 Å². The van der Waals surface area contributed by atoms with E-state index in [0.29, 0.717) is 12.1 Å². The molecule has 3 unspecified atom stereocenters. The maximum absolute atomic E-state index is 6.19. The van der Waals surface area contributed by atoms with Gasteiger partial charge in [-0.3, -0.25) is 0 Å². The molecule has 1 fully saturated rings. The fourth-order valence-electron chi connectivity index (χ4n) is 2.85. The Hall–Kier alpha value is -0.860. The zero-order valence-electron chi connectivity index (χ0n) is 12.3. The van der Waals surface area contributed by atoms with Crippen LogP contribution in [0.5, 0.6) is 0 Å². The van der Waals surface area contributed by atoms with Gasteiger partial charge in [0.1, 0.15) is 0 Å². The first kappa shape index (κ1) is 14.5. The molecule has 2 heteroatoms. The molecule has 0 bridgehead atoms.